The van der Waals surface area contributed by atoms with Crippen LogP contribution >= 0.6 is 12.2 Å². The summed E-state index contributed by atoms with van der Waals surface area (Å²) in [6.45, 7) is 1.07. The molecule has 0 spiro atoms. The molecule has 1 aromatic heterocycles. The molecule has 0 aliphatic carbocycles. The van der Waals surface area contributed by atoms with E-state index in [-0.39, 0.29) is 0 Å². The van der Waals surface area contributed by atoms with Crippen molar-refractivity contribution in [2.45, 2.75) is 0 Å². The molecule has 0 amide bonds. The lowest BCUT2D eigenvalue weighted by molar-refractivity contribution is 0.171. The molecule has 1 aliphatic heterocycles. The van der Waals surface area contributed by atoms with Crippen molar-refractivity contribution in [2.24, 2.45) is 0 Å². The Labute approximate surface area is 155 Å². The summed E-state index contributed by atoms with van der Waals surface area (Å²) in [5, 5.41) is 7.23. The molecule has 2 aromatic carbocycles. The lowest BCUT2D eigenvalue weighted by Crippen LogP contribution is -2.15. The normalized spacial score (nSPS) is 12.7. The zero-order chi connectivity index (χ0) is 18.1. The van der Waals surface area contributed by atoms with Crippen molar-refractivity contribution in [3.05, 3.63) is 41.2 Å². The number of benzene rings is 2. The van der Waals surface area contributed by atoms with E-state index in [1.54, 1.807) is 14.2 Å². The maximum atomic E-state index is 5.67. The molecule has 1 N–H and O–H groups in total. The smallest absolute Gasteiger partial charge is 0.200 e. The maximum Gasteiger partial charge on any atom is 0.200 e. The molecule has 0 saturated carbocycles. The maximum absolute atomic E-state index is 5.67. The molecule has 0 bridgehead atoms. The first kappa shape index (κ1) is 16.5. The van der Waals surface area contributed by atoms with Crippen LogP contribution in [0, 0.1) is 4.77 Å². The van der Waals surface area contributed by atoms with E-state index < -0.39 is 0 Å². The van der Waals surface area contributed by atoms with E-state index in [2.05, 4.69) is 10.2 Å². The van der Waals surface area contributed by atoms with Crippen molar-refractivity contribution in [3.63, 3.8) is 0 Å². The standard InChI is InChI=1S/C18H17N3O4S/c1-22-13-5-3-11(9-15(13)23-2)17-19-20-18(26)21(17)12-4-6-14-16(10-12)25-8-7-24-14/h3-6,9-10H,7-8H2,1-2H3,(H,20,26). The molecule has 4 rings (SSSR count). The van der Waals surface area contributed by atoms with Crippen LogP contribution in [0.3, 0.4) is 0 Å². The highest BCUT2D eigenvalue weighted by atomic mass is 32.1. The van der Waals surface area contributed by atoms with Gasteiger partial charge in [-0.25, -0.2) is 0 Å². The lowest BCUT2D eigenvalue weighted by Gasteiger charge is -2.19. The van der Waals surface area contributed by atoms with Gasteiger partial charge in [-0.2, -0.15) is 5.10 Å². The first-order valence-corrected chi connectivity index (χ1v) is 8.42. The summed E-state index contributed by atoms with van der Waals surface area (Å²) >= 11 is 5.44. The molecule has 0 radical (unpaired) electrons. The van der Waals surface area contributed by atoms with Gasteiger partial charge >= 0.3 is 0 Å². The molecule has 0 atom stereocenters. The van der Waals surface area contributed by atoms with Crippen LogP contribution in [0.5, 0.6) is 23.0 Å². The summed E-state index contributed by atoms with van der Waals surface area (Å²) in [6.07, 6.45) is 0. The summed E-state index contributed by atoms with van der Waals surface area (Å²) in [5.41, 5.74) is 1.67. The number of methoxy groups -OCH3 is 2. The number of nitrogens with one attached hydrogen (secondary N) is 1. The minimum absolute atomic E-state index is 0.478. The van der Waals surface area contributed by atoms with E-state index in [4.69, 9.17) is 31.2 Å². The first-order chi connectivity index (χ1) is 12.7. The second-order valence-electron chi connectivity index (χ2n) is 5.59. The molecule has 8 heteroatoms. The highest BCUT2D eigenvalue weighted by molar-refractivity contribution is 7.71. The minimum atomic E-state index is 0.478. The number of rotatable bonds is 4. The number of H-pyrrole nitrogens is 1. The van der Waals surface area contributed by atoms with Gasteiger partial charge in [-0.3, -0.25) is 9.67 Å². The van der Waals surface area contributed by atoms with Gasteiger partial charge in [-0.1, -0.05) is 0 Å². The van der Waals surface area contributed by atoms with Crippen LogP contribution in [-0.4, -0.2) is 42.2 Å². The summed E-state index contributed by atoms with van der Waals surface area (Å²) in [7, 11) is 3.20. The Morgan fingerprint density at radius 3 is 2.54 bits per heavy atom. The van der Waals surface area contributed by atoms with E-state index in [1.807, 2.05) is 41.0 Å². The average Bonchev–Trinajstić information content (AvgIpc) is 3.08. The first-order valence-electron chi connectivity index (χ1n) is 8.01. The average molecular weight is 371 g/mol. The van der Waals surface area contributed by atoms with Gasteiger partial charge in [-0.15, -0.1) is 0 Å². The number of aromatic amines is 1. The zero-order valence-corrected chi connectivity index (χ0v) is 15.1. The number of ether oxygens (including phenoxy) is 4. The van der Waals surface area contributed by atoms with Crippen LogP contribution in [0.4, 0.5) is 0 Å². The molecule has 0 fully saturated rings. The van der Waals surface area contributed by atoms with Gasteiger partial charge in [0, 0.05) is 11.6 Å². The highest BCUT2D eigenvalue weighted by Gasteiger charge is 2.17. The summed E-state index contributed by atoms with van der Waals surface area (Å²) in [5.74, 6) is 3.34. The van der Waals surface area contributed by atoms with Crippen LogP contribution in [0.15, 0.2) is 36.4 Å². The SMILES string of the molecule is COc1ccc(-c2n[nH]c(=S)n2-c2ccc3c(c2)OCCO3)cc1OC. The van der Waals surface area contributed by atoms with Gasteiger partial charge in [0.25, 0.3) is 0 Å². The Hall–Kier alpha value is -3.00. The summed E-state index contributed by atoms with van der Waals surface area (Å²) in [4.78, 5) is 0. The Kier molecular flexibility index (Phi) is 4.26. The Morgan fingerprint density at radius 1 is 1.00 bits per heavy atom. The lowest BCUT2D eigenvalue weighted by atomic mass is 10.1. The molecule has 2 heterocycles. The second kappa shape index (κ2) is 6.72. The van der Waals surface area contributed by atoms with Gasteiger partial charge in [0.15, 0.2) is 33.6 Å². The molecule has 1 aliphatic rings. The fraction of sp³-hybridized carbons (Fsp3) is 0.222. The van der Waals surface area contributed by atoms with Crippen LogP contribution in [0.2, 0.25) is 0 Å². The van der Waals surface area contributed by atoms with Crippen LogP contribution in [-0.2, 0) is 0 Å². The van der Waals surface area contributed by atoms with Crippen LogP contribution < -0.4 is 18.9 Å². The van der Waals surface area contributed by atoms with Gasteiger partial charge in [0.2, 0.25) is 0 Å². The quantitative estimate of drug-likeness (QED) is 0.709. The number of aromatic nitrogens is 3. The fourth-order valence-electron chi connectivity index (χ4n) is 2.88. The molecule has 26 heavy (non-hydrogen) atoms. The second-order valence-corrected chi connectivity index (χ2v) is 5.97. The third-order valence-corrected chi connectivity index (χ3v) is 4.37. The minimum Gasteiger partial charge on any atom is -0.493 e. The Balaban J connectivity index is 1.83. The van der Waals surface area contributed by atoms with Crippen molar-refractivity contribution in [1.82, 2.24) is 14.8 Å². The zero-order valence-electron chi connectivity index (χ0n) is 14.3. The largest absolute Gasteiger partial charge is 0.493 e. The molecule has 0 unspecified atom stereocenters. The molecule has 0 saturated heterocycles. The fourth-order valence-corrected chi connectivity index (χ4v) is 3.11. The third-order valence-electron chi connectivity index (χ3n) is 4.10. The van der Waals surface area contributed by atoms with Crippen molar-refractivity contribution in [2.75, 3.05) is 27.4 Å². The third kappa shape index (κ3) is 2.78. The van der Waals surface area contributed by atoms with E-state index in [0.29, 0.717) is 41.1 Å². The summed E-state index contributed by atoms with van der Waals surface area (Å²) < 4.78 is 24.3. The predicted octanol–water partition coefficient (Wildman–Crippen LogP) is 3.39. The molecular formula is C18H17N3O4S. The van der Waals surface area contributed by atoms with Gasteiger partial charge < -0.3 is 18.9 Å². The van der Waals surface area contributed by atoms with Gasteiger partial charge in [0.05, 0.1) is 19.9 Å². The van der Waals surface area contributed by atoms with Gasteiger partial charge in [-0.05, 0) is 42.5 Å². The van der Waals surface area contributed by atoms with Gasteiger partial charge in [0.1, 0.15) is 13.2 Å². The Morgan fingerprint density at radius 2 is 1.77 bits per heavy atom. The Bertz CT molecular complexity index is 1010. The molecular weight excluding hydrogens is 354 g/mol. The van der Waals surface area contributed by atoms with E-state index in [1.165, 1.54) is 0 Å². The van der Waals surface area contributed by atoms with Crippen molar-refractivity contribution < 1.29 is 18.9 Å². The van der Waals surface area contributed by atoms with Crippen LogP contribution in [0.1, 0.15) is 0 Å². The molecule has 134 valence electrons. The number of nitrogens with zero attached hydrogens (tertiary/aromatic N) is 2. The summed E-state index contributed by atoms with van der Waals surface area (Å²) in [6, 6.07) is 11.3. The molecule has 3 aromatic rings. The predicted molar refractivity (Wildman–Crippen MR) is 98.3 cm³/mol. The number of hydrogen-bond donors (Lipinski definition) is 1. The highest BCUT2D eigenvalue weighted by Crippen LogP contribution is 2.35. The van der Waals surface area contributed by atoms with Crippen molar-refractivity contribution in [3.8, 4) is 40.1 Å². The molecule has 7 nitrogen and oxygen atoms in total. The van der Waals surface area contributed by atoms with E-state index >= 15 is 0 Å². The number of fused-ring (bicyclic) bond motifs is 1. The van der Waals surface area contributed by atoms with E-state index in [0.717, 1.165) is 17.0 Å². The number of hydrogen-bond acceptors (Lipinski definition) is 6. The van der Waals surface area contributed by atoms with Crippen LogP contribution in [0.25, 0.3) is 17.1 Å². The van der Waals surface area contributed by atoms with Crippen molar-refractivity contribution >= 4 is 12.2 Å². The van der Waals surface area contributed by atoms with E-state index in [9.17, 15) is 0 Å². The van der Waals surface area contributed by atoms with Crippen molar-refractivity contribution in [1.29, 1.82) is 0 Å². The topological polar surface area (TPSA) is 70.5 Å². The monoisotopic (exact) mass is 371 g/mol.